The predicted octanol–water partition coefficient (Wildman–Crippen LogP) is 3.30. The van der Waals surface area contributed by atoms with Crippen LogP contribution in [-0.4, -0.2) is 46.5 Å². The molecule has 1 aliphatic rings. The second kappa shape index (κ2) is 7.13. The third kappa shape index (κ3) is 2.94. The molecule has 2 heterocycles. The van der Waals surface area contributed by atoms with E-state index in [1.807, 2.05) is 11.9 Å². The normalized spacial score (nSPS) is 20.1. The minimum atomic E-state index is -0.382. The van der Waals surface area contributed by atoms with Crippen LogP contribution in [0.15, 0.2) is 45.6 Å². The molecule has 0 bridgehead atoms. The molecule has 146 valence electrons. The number of hydrogen-bond acceptors (Lipinski definition) is 6. The van der Waals surface area contributed by atoms with Gasteiger partial charge < -0.3 is 24.6 Å². The van der Waals surface area contributed by atoms with Crippen LogP contribution in [0.2, 0.25) is 5.02 Å². The van der Waals surface area contributed by atoms with Gasteiger partial charge in [0, 0.05) is 35.2 Å². The van der Waals surface area contributed by atoms with Crippen LogP contribution < -0.4 is 5.43 Å². The summed E-state index contributed by atoms with van der Waals surface area (Å²) >= 11 is 6.38. The molecule has 0 spiro atoms. The Hall–Kier alpha value is -2.54. The molecule has 0 radical (unpaired) electrons. The third-order valence-electron chi connectivity index (χ3n) is 5.49. The van der Waals surface area contributed by atoms with Crippen LogP contribution in [0.3, 0.4) is 0 Å². The van der Waals surface area contributed by atoms with Crippen molar-refractivity contribution < 1.29 is 19.7 Å². The molecule has 1 saturated heterocycles. The van der Waals surface area contributed by atoms with Gasteiger partial charge in [0.25, 0.3) is 0 Å². The number of hydrogen-bond donors (Lipinski definition) is 3. The van der Waals surface area contributed by atoms with Gasteiger partial charge in [-0.3, -0.25) is 4.79 Å². The Balaban J connectivity index is 2.09. The van der Waals surface area contributed by atoms with Crippen molar-refractivity contribution in [1.82, 2.24) is 4.90 Å². The molecule has 0 amide bonds. The zero-order chi connectivity index (χ0) is 20.0. The highest BCUT2D eigenvalue weighted by atomic mass is 35.5. The number of phenols is 2. The van der Waals surface area contributed by atoms with E-state index in [9.17, 15) is 20.1 Å². The summed E-state index contributed by atoms with van der Waals surface area (Å²) in [5.74, 6) is -0.538. The molecule has 0 unspecified atom stereocenters. The van der Waals surface area contributed by atoms with Crippen LogP contribution in [0.5, 0.6) is 11.5 Å². The number of fused-ring (bicyclic) bond motifs is 1. The highest BCUT2D eigenvalue weighted by Crippen LogP contribution is 2.41. The number of nitrogens with zero attached hydrogens (tertiary/aromatic N) is 1. The lowest BCUT2D eigenvalue weighted by Gasteiger charge is -2.24. The summed E-state index contributed by atoms with van der Waals surface area (Å²) in [6.45, 7) is 0.610. The van der Waals surface area contributed by atoms with Gasteiger partial charge in [0.05, 0.1) is 11.6 Å². The van der Waals surface area contributed by atoms with Crippen molar-refractivity contribution in [1.29, 1.82) is 0 Å². The van der Waals surface area contributed by atoms with Crippen molar-refractivity contribution in [3.8, 4) is 22.8 Å². The van der Waals surface area contributed by atoms with Crippen LogP contribution in [-0.2, 0) is 0 Å². The number of aliphatic hydroxyl groups is 1. The van der Waals surface area contributed by atoms with Crippen molar-refractivity contribution in [3.05, 3.63) is 57.2 Å². The Morgan fingerprint density at radius 3 is 2.71 bits per heavy atom. The fraction of sp³-hybridized carbons (Fsp3) is 0.286. The zero-order valence-corrected chi connectivity index (χ0v) is 16.0. The maximum Gasteiger partial charge on any atom is 0.200 e. The number of aliphatic hydroxyl groups excluding tert-OH is 1. The van der Waals surface area contributed by atoms with Crippen LogP contribution in [0.1, 0.15) is 17.9 Å². The maximum atomic E-state index is 13.5. The fourth-order valence-corrected chi connectivity index (χ4v) is 4.31. The summed E-state index contributed by atoms with van der Waals surface area (Å²) in [5.41, 5.74) is 0.623. The standard InChI is InChI=1S/C21H20ClNO5/c1-23-7-6-13(15(23)10-24)18-20(27)19-16(26)8-11(25)9-17(19)28-21(18)12-4-2-3-5-14(12)22/h2-5,8-9,13,15,24-26H,6-7,10H2,1H3/t13-,15+/m1/s1. The van der Waals surface area contributed by atoms with E-state index in [0.717, 1.165) is 12.6 Å². The molecule has 3 aromatic rings. The monoisotopic (exact) mass is 401 g/mol. The number of halogens is 1. The fourth-order valence-electron chi connectivity index (χ4n) is 4.09. The molecule has 2 aromatic carbocycles. The average molecular weight is 402 g/mol. The Kier molecular flexibility index (Phi) is 4.79. The molecule has 4 rings (SSSR count). The summed E-state index contributed by atoms with van der Waals surface area (Å²) < 4.78 is 6.04. The second-order valence-electron chi connectivity index (χ2n) is 7.12. The highest BCUT2D eigenvalue weighted by molar-refractivity contribution is 6.33. The summed E-state index contributed by atoms with van der Waals surface area (Å²) in [6.07, 6.45) is 0.661. The number of rotatable bonds is 3. The van der Waals surface area contributed by atoms with Gasteiger partial charge in [0.15, 0.2) is 0 Å². The van der Waals surface area contributed by atoms with Gasteiger partial charge in [-0.15, -0.1) is 0 Å². The molecule has 0 saturated carbocycles. The minimum Gasteiger partial charge on any atom is -0.508 e. The Morgan fingerprint density at radius 1 is 1.25 bits per heavy atom. The van der Waals surface area contributed by atoms with E-state index in [-0.39, 0.29) is 46.5 Å². The van der Waals surface area contributed by atoms with Gasteiger partial charge in [0.2, 0.25) is 5.43 Å². The molecular formula is C21H20ClNO5. The van der Waals surface area contributed by atoms with E-state index >= 15 is 0 Å². The Labute approximate surface area is 166 Å². The van der Waals surface area contributed by atoms with E-state index < -0.39 is 0 Å². The van der Waals surface area contributed by atoms with Crippen LogP contribution in [0.25, 0.3) is 22.3 Å². The lowest BCUT2D eigenvalue weighted by atomic mass is 9.88. The Morgan fingerprint density at radius 2 is 2.00 bits per heavy atom. The largest absolute Gasteiger partial charge is 0.508 e. The van der Waals surface area contributed by atoms with Crippen molar-refractivity contribution in [2.75, 3.05) is 20.2 Å². The van der Waals surface area contributed by atoms with E-state index in [0.29, 0.717) is 28.3 Å². The van der Waals surface area contributed by atoms with Gasteiger partial charge in [-0.05, 0) is 32.1 Å². The van der Waals surface area contributed by atoms with E-state index in [1.165, 1.54) is 6.07 Å². The Bertz CT molecular complexity index is 1110. The predicted molar refractivity (Wildman–Crippen MR) is 107 cm³/mol. The summed E-state index contributed by atoms with van der Waals surface area (Å²) in [7, 11) is 1.90. The van der Waals surface area contributed by atoms with Gasteiger partial charge in [-0.25, -0.2) is 0 Å². The van der Waals surface area contributed by atoms with Crippen molar-refractivity contribution in [2.24, 2.45) is 0 Å². The summed E-state index contributed by atoms with van der Waals surface area (Å²) in [5, 5.41) is 30.4. The molecule has 3 N–H and O–H groups in total. The van der Waals surface area contributed by atoms with Gasteiger partial charge in [0.1, 0.15) is 28.2 Å². The molecule has 28 heavy (non-hydrogen) atoms. The summed E-state index contributed by atoms with van der Waals surface area (Å²) in [4.78, 5) is 15.5. The molecule has 1 aromatic heterocycles. The molecule has 6 nitrogen and oxygen atoms in total. The van der Waals surface area contributed by atoms with E-state index in [2.05, 4.69) is 0 Å². The molecule has 1 aliphatic heterocycles. The van der Waals surface area contributed by atoms with Crippen molar-refractivity contribution >= 4 is 22.6 Å². The van der Waals surface area contributed by atoms with E-state index in [1.54, 1.807) is 24.3 Å². The number of likely N-dealkylation sites (tertiary alicyclic amines) is 1. The quantitative estimate of drug-likeness (QED) is 0.623. The maximum absolute atomic E-state index is 13.5. The lowest BCUT2D eigenvalue weighted by molar-refractivity contribution is 0.172. The SMILES string of the molecule is CN1CC[C@@H](c2c(-c3ccccc3Cl)oc3cc(O)cc(O)c3c2=O)[C@@H]1CO. The third-order valence-corrected chi connectivity index (χ3v) is 5.82. The zero-order valence-electron chi connectivity index (χ0n) is 15.2. The first kappa shape index (κ1) is 18.8. The highest BCUT2D eigenvalue weighted by Gasteiger charge is 2.37. The van der Waals surface area contributed by atoms with Crippen molar-refractivity contribution in [2.45, 2.75) is 18.4 Å². The van der Waals surface area contributed by atoms with Crippen LogP contribution in [0.4, 0.5) is 0 Å². The number of likely N-dealkylation sites (N-methyl/N-ethyl adjacent to an activating group) is 1. The first-order valence-electron chi connectivity index (χ1n) is 9.01. The second-order valence-corrected chi connectivity index (χ2v) is 7.52. The molecular weight excluding hydrogens is 382 g/mol. The van der Waals surface area contributed by atoms with Crippen LogP contribution >= 0.6 is 11.6 Å². The lowest BCUT2D eigenvalue weighted by Crippen LogP contribution is -2.33. The van der Waals surface area contributed by atoms with Gasteiger partial charge in [-0.1, -0.05) is 23.7 Å². The first-order valence-corrected chi connectivity index (χ1v) is 9.38. The summed E-state index contributed by atoms with van der Waals surface area (Å²) in [6, 6.07) is 9.19. The molecule has 7 heteroatoms. The molecule has 0 aliphatic carbocycles. The molecule has 1 fully saturated rings. The number of phenolic OH excluding ortho intramolecular Hbond substituents is 2. The van der Waals surface area contributed by atoms with Gasteiger partial charge >= 0.3 is 0 Å². The smallest absolute Gasteiger partial charge is 0.200 e. The van der Waals surface area contributed by atoms with Crippen molar-refractivity contribution in [3.63, 3.8) is 0 Å². The van der Waals surface area contributed by atoms with E-state index in [4.69, 9.17) is 16.0 Å². The average Bonchev–Trinajstić information content (AvgIpc) is 3.01. The number of benzene rings is 2. The molecule has 2 atom stereocenters. The minimum absolute atomic E-state index is 0.00912. The number of aromatic hydroxyl groups is 2. The van der Waals surface area contributed by atoms with Crippen LogP contribution in [0, 0.1) is 0 Å². The topological polar surface area (TPSA) is 94.1 Å². The first-order chi connectivity index (χ1) is 13.4. The van der Waals surface area contributed by atoms with Gasteiger partial charge in [-0.2, -0.15) is 0 Å².